The normalized spacial score (nSPS) is 13.7. The van der Waals surface area contributed by atoms with Gasteiger partial charge in [-0.05, 0) is 56.7 Å². The topological polar surface area (TPSA) is 132 Å². The summed E-state index contributed by atoms with van der Waals surface area (Å²) in [5.41, 5.74) is 5.01. The lowest BCUT2D eigenvalue weighted by Gasteiger charge is -2.28. The molecule has 0 saturated carbocycles. The molecule has 0 aliphatic heterocycles. The Bertz CT molecular complexity index is 1240. The Balaban J connectivity index is 2.71. The number of rotatable bonds is 7. The third kappa shape index (κ3) is 6.75. The van der Waals surface area contributed by atoms with Gasteiger partial charge in [-0.25, -0.2) is 0 Å². The summed E-state index contributed by atoms with van der Waals surface area (Å²) in [6.45, 7) is 4.07. The molecule has 2 aromatic carbocycles. The number of benzene rings is 2. The first-order valence-corrected chi connectivity index (χ1v) is 10.2. The average molecular weight is 487 g/mol. The van der Waals surface area contributed by atoms with E-state index in [9.17, 15) is 33.2 Å². The number of nitrogens with two attached hydrogens (primary N) is 1. The van der Waals surface area contributed by atoms with E-state index in [0.717, 1.165) is 12.1 Å². The van der Waals surface area contributed by atoms with Gasteiger partial charge in [0.2, 0.25) is 0 Å². The maximum atomic E-state index is 13.1. The number of carbonyl (C=O) groups excluding carboxylic acids is 2. The van der Waals surface area contributed by atoms with Crippen molar-refractivity contribution < 1.29 is 28.0 Å². The van der Waals surface area contributed by atoms with Crippen molar-refractivity contribution in [2.75, 3.05) is 12.4 Å². The summed E-state index contributed by atoms with van der Waals surface area (Å²) in [5.74, 6) is -1.36. The summed E-state index contributed by atoms with van der Waals surface area (Å²) in [4.78, 5) is 29.2. The van der Waals surface area contributed by atoms with Crippen LogP contribution < -0.4 is 11.1 Å². The molecule has 0 heterocycles. The lowest BCUT2D eigenvalue weighted by molar-refractivity contribution is -0.137. The zero-order valence-electron chi connectivity index (χ0n) is 19.4. The van der Waals surface area contributed by atoms with Crippen LogP contribution in [0.5, 0.6) is 0 Å². The van der Waals surface area contributed by atoms with Crippen LogP contribution in [0.4, 0.5) is 18.9 Å². The zero-order chi connectivity index (χ0) is 26.5. The molecule has 4 N–H and O–H groups in total. The maximum absolute atomic E-state index is 13.1. The minimum atomic E-state index is -4.56. The Labute approximate surface area is 200 Å². The molecule has 2 rings (SSSR count). The molecule has 1 amide bonds. The molecule has 184 valence electrons. The molecule has 0 aromatic heterocycles. The summed E-state index contributed by atoms with van der Waals surface area (Å²) >= 11 is 0. The number of likely N-dealkylation sites (N-methyl/N-ethyl adjacent to an activating group) is 1. The molecule has 35 heavy (non-hydrogen) atoms. The Morgan fingerprint density at radius 2 is 1.83 bits per heavy atom. The van der Waals surface area contributed by atoms with E-state index in [1.54, 1.807) is 0 Å². The molecule has 0 fully saturated rings. The molecule has 0 aliphatic carbocycles. The van der Waals surface area contributed by atoms with Gasteiger partial charge in [0.15, 0.2) is 5.78 Å². The molecular weight excluding hydrogens is 463 g/mol. The minimum absolute atomic E-state index is 0.0281. The van der Waals surface area contributed by atoms with Gasteiger partial charge >= 0.3 is 6.18 Å². The number of amidine groups is 1. The van der Waals surface area contributed by atoms with E-state index >= 15 is 0 Å². The van der Waals surface area contributed by atoms with Gasteiger partial charge in [-0.1, -0.05) is 12.1 Å². The average Bonchev–Trinajstić information content (AvgIpc) is 2.75. The molecule has 1 unspecified atom stereocenters. The van der Waals surface area contributed by atoms with Crippen LogP contribution in [-0.2, 0) is 11.0 Å². The van der Waals surface area contributed by atoms with Crippen molar-refractivity contribution in [2.24, 2.45) is 10.7 Å². The first-order chi connectivity index (χ1) is 16.3. The molecule has 1 atom stereocenters. The van der Waals surface area contributed by atoms with Crippen molar-refractivity contribution in [1.29, 1.82) is 5.26 Å². The van der Waals surface area contributed by atoms with Gasteiger partial charge in [0.25, 0.3) is 5.91 Å². The van der Waals surface area contributed by atoms with E-state index < -0.39 is 29.5 Å². The van der Waals surface area contributed by atoms with Crippen molar-refractivity contribution in [3.8, 4) is 6.07 Å². The van der Waals surface area contributed by atoms with Crippen LogP contribution in [0.3, 0.4) is 0 Å². The van der Waals surface area contributed by atoms with Crippen LogP contribution in [0, 0.1) is 11.3 Å². The van der Waals surface area contributed by atoms with Crippen LogP contribution in [0.2, 0.25) is 0 Å². The maximum Gasteiger partial charge on any atom is 0.416 e. The number of Topliss-reactive ketones (excluding diaryl/α,β-unsaturated/α-hetero) is 1. The van der Waals surface area contributed by atoms with Gasteiger partial charge in [0.05, 0.1) is 23.2 Å². The van der Waals surface area contributed by atoms with E-state index in [1.165, 1.54) is 58.2 Å². The monoisotopic (exact) mass is 487 g/mol. The number of hydrogen-bond acceptors (Lipinski definition) is 6. The highest BCUT2D eigenvalue weighted by atomic mass is 19.4. The highest BCUT2D eigenvalue weighted by Gasteiger charge is 2.32. The number of ketones is 1. The Morgan fingerprint density at radius 1 is 1.17 bits per heavy atom. The van der Waals surface area contributed by atoms with Crippen LogP contribution in [0.25, 0.3) is 0 Å². The number of aliphatic imine (C=N–C) groups is 1. The summed E-state index contributed by atoms with van der Waals surface area (Å²) in [6, 6.07) is 9.13. The SMILES string of the molecule is CC(=O)/C(=C(\C)Nc1cccc(C(F)(F)F)c1)C(c1ccc(C#N)cc1C(=O)N=C(C)N)N(C)O. The van der Waals surface area contributed by atoms with Gasteiger partial charge in [-0.2, -0.15) is 28.5 Å². The van der Waals surface area contributed by atoms with Gasteiger partial charge in [-0.3, -0.25) is 9.59 Å². The van der Waals surface area contributed by atoms with E-state index in [2.05, 4.69) is 10.3 Å². The second-order valence-corrected chi connectivity index (χ2v) is 7.75. The summed E-state index contributed by atoms with van der Waals surface area (Å²) in [6.07, 6.45) is -4.56. The number of hydrogen-bond donors (Lipinski definition) is 3. The lowest BCUT2D eigenvalue weighted by Crippen LogP contribution is -2.29. The van der Waals surface area contributed by atoms with Gasteiger partial charge in [0.1, 0.15) is 5.84 Å². The number of anilines is 1. The number of nitrogens with zero attached hydrogens (tertiary/aromatic N) is 3. The van der Waals surface area contributed by atoms with Crippen molar-refractivity contribution in [3.05, 3.63) is 76.0 Å². The first kappa shape index (κ1) is 27.2. The Morgan fingerprint density at radius 3 is 2.34 bits per heavy atom. The third-order valence-corrected chi connectivity index (χ3v) is 4.94. The van der Waals surface area contributed by atoms with Crippen molar-refractivity contribution in [3.63, 3.8) is 0 Å². The molecule has 0 aliphatic rings. The standard InChI is InChI=1S/C24H24F3N5O3/c1-13(30-18-7-5-6-17(11-18)24(25,26)27)21(14(2)33)22(32(4)35)19-9-8-16(12-28)10-20(19)23(34)31-15(3)29/h5-11,22,30,35H,1-4H3,(H2,29,31,34)/b21-13-. The molecule has 8 nitrogen and oxygen atoms in total. The summed E-state index contributed by atoms with van der Waals surface area (Å²) in [5, 5.41) is 23.2. The molecule has 0 spiro atoms. The van der Waals surface area contributed by atoms with Crippen molar-refractivity contribution >= 4 is 23.2 Å². The number of allylic oxidation sites excluding steroid dienone is 1. The van der Waals surface area contributed by atoms with E-state index in [1.807, 2.05) is 6.07 Å². The number of hydroxylamine groups is 2. The number of alkyl halides is 3. The summed E-state index contributed by atoms with van der Waals surface area (Å²) in [7, 11) is 1.25. The largest absolute Gasteiger partial charge is 0.416 e. The Hall–Kier alpha value is -4.01. The molecule has 2 aromatic rings. The van der Waals surface area contributed by atoms with Crippen molar-refractivity contribution in [2.45, 2.75) is 33.0 Å². The van der Waals surface area contributed by atoms with Crippen LogP contribution >= 0.6 is 0 Å². The minimum Gasteiger partial charge on any atom is -0.387 e. The number of nitriles is 1. The molecule has 0 saturated heterocycles. The number of halogens is 3. The quantitative estimate of drug-likeness (QED) is 0.228. The highest BCUT2D eigenvalue weighted by Crippen LogP contribution is 2.34. The lowest BCUT2D eigenvalue weighted by atomic mass is 9.89. The molecular formula is C24H24F3N5O3. The van der Waals surface area contributed by atoms with E-state index in [4.69, 9.17) is 5.73 Å². The fraction of sp³-hybridized carbons (Fsp3) is 0.250. The smallest absolute Gasteiger partial charge is 0.387 e. The van der Waals surface area contributed by atoms with Gasteiger partial charge < -0.3 is 16.3 Å². The molecule has 0 bridgehead atoms. The zero-order valence-corrected chi connectivity index (χ0v) is 19.4. The number of amides is 1. The predicted octanol–water partition coefficient (Wildman–Crippen LogP) is 4.43. The van der Waals surface area contributed by atoms with E-state index in [0.29, 0.717) is 5.06 Å². The van der Waals surface area contributed by atoms with Crippen LogP contribution in [0.1, 0.15) is 53.9 Å². The van der Waals surface area contributed by atoms with Crippen LogP contribution in [0.15, 0.2) is 58.7 Å². The molecule has 11 heteroatoms. The fourth-order valence-corrected chi connectivity index (χ4v) is 3.53. The second kappa shape index (κ2) is 10.9. The van der Waals surface area contributed by atoms with Crippen molar-refractivity contribution in [1.82, 2.24) is 5.06 Å². The first-order valence-electron chi connectivity index (χ1n) is 10.2. The van der Waals surface area contributed by atoms with Gasteiger partial charge in [-0.15, -0.1) is 0 Å². The van der Waals surface area contributed by atoms with Gasteiger partial charge in [0, 0.05) is 29.6 Å². The second-order valence-electron chi connectivity index (χ2n) is 7.75. The summed E-state index contributed by atoms with van der Waals surface area (Å²) < 4.78 is 39.3. The number of nitrogens with one attached hydrogen (secondary N) is 1. The fourth-order valence-electron chi connectivity index (χ4n) is 3.53. The highest BCUT2D eigenvalue weighted by molar-refractivity contribution is 6.04. The predicted molar refractivity (Wildman–Crippen MR) is 124 cm³/mol. The Kier molecular flexibility index (Phi) is 8.52. The van der Waals surface area contributed by atoms with Crippen LogP contribution in [-0.4, -0.2) is 34.8 Å². The molecule has 0 radical (unpaired) electrons. The third-order valence-electron chi connectivity index (χ3n) is 4.94. The number of carbonyl (C=O) groups is 2. The van der Waals surface area contributed by atoms with E-state index in [-0.39, 0.29) is 39.5 Å².